The molecule has 3 rings (SSSR count). The Kier molecular flexibility index (Phi) is 7.19. The molecule has 7 nitrogen and oxygen atoms in total. The molecule has 2 unspecified atom stereocenters. The van der Waals surface area contributed by atoms with Gasteiger partial charge in [-0.1, -0.05) is 42.5 Å². The quantitative estimate of drug-likeness (QED) is 0.630. The third-order valence-electron chi connectivity index (χ3n) is 5.01. The lowest BCUT2D eigenvalue weighted by Gasteiger charge is -2.34. The lowest BCUT2D eigenvalue weighted by atomic mass is 9.99. The van der Waals surface area contributed by atoms with Crippen LogP contribution < -0.4 is 0 Å². The van der Waals surface area contributed by atoms with Crippen LogP contribution in [0.4, 0.5) is 0 Å². The van der Waals surface area contributed by atoms with Crippen LogP contribution in [-0.4, -0.2) is 50.7 Å². The Hall–Kier alpha value is -2.93. The van der Waals surface area contributed by atoms with Crippen LogP contribution in [0.3, 0.4) is 0 Å². The van der Waals surface area contributed by atoms with Gasteiger partial charge in [-0.05, 0) is 24.8 Å². The van der Waals surface area contributed by atoms with Crippen LogP contribution in [0.25, 0.3) is 0 Å². The second kappa shape index (κ2) is 10.0. The van der Waals surface area contributed by atoms with Crippen LogP contribution in [0.1, 0.15) is 47.7 Å². The van der Waals surface area contributed by atoms with E-state index in [2.05, 4.69) is 4.98 Å². The summed E-state index contributed by atoms with van der Waals surface area (Å²) in [5.41, 5.74) is 1.06. The first-order chi connectivity index (χ1) is 14.0. The number of aliphatic hydroxyl groups excluding tert-OH is 1. The number of carboxylic acid groups (broad SMARTS) is 1. The molecular formula is C22H26N2O5. The topological polar surface area (TPSA) is 104 Å². The molecule has 1 aliphatic heterocycles. The van der Waals surface area contributed by atoms with Gasteiger partial charge in [0.15, 0.2) is 0 Å². The van der Waals surface area contributed by atoms with Gasteiger partial charge in [0.05, 0.1) is 18.3 Å². The summed E-state index contributed by atoms with van der Waals surface area (Å²) in [5.74, 6) is -0.909. The molecule has 0 aliphatic carbocycles. The van der Waals surface area contributed by atoms with Crippen molar-refractivity contribution in [2.45, 2.75) is 50.7 Å². The van der Waals surface area contributed by atoms with Crippen LogP contribution in [0.2, 0.25) is 0 Å². The second-order valence-electron chi connectivity index (χ2n) is 7.23. The number of aromatic nitrogens is 1. The molecule has 2 N–H and O–H groups in total. The number of amides is 1. The Morgan fingerprint density at radius 1 is 1.34 bits per heavy atom. The second-order valence-corrected chi connectivity index (χ2v) is 7.23. The fourth-order valence-electron chi connectivity index (χ4n) is 3.56. The van der Waals surface area contributed by atoms with Crippen molar-refractivity contribution in [3.05, 3.63) is 65.9 Å². The maximum absolute atomic E-state index is 12.4. The molecule has 1 aliphatic rings. The number of rotatable bonds is 9. The first kappa shape index (κ1) is 20.8. The standard InChI is InChI=1S/C22H26N2O5/c25-18(14-16-6-2-1-3-7-16)12-11-17-8-4-10-20(26)24(17)13-5-9-19-15-23-21(29-19)22(27)28/h1-3,6-7,11-12,15,17-18,25H,4-5,8-10,13-14H2,(H,27,28). The highest BCUT2D eigenvalue weighted by atomic mass is 16.4. The largest absolute Gasteiger partial charge is 0.474 e. The summed E-state index contributed by atoms with van der Waals surface area (Å²) in [6, 6.07) is 9.76. The molecule has 7 heteroatoms. The summed E-state index contributed by atoms with van der Waals surface area (Å²) in [6.45, 7) is 0.547. The van der Waals surface area contributed by atoms with Crippen molar-refractivity contribution in [2.24, 2.45) is 0 Å². The van der Waals surface area contributed by atoms with E-state index in [0.717, 1.165) is 18.4 Å². The number of benzene rings is 1. The fourth-order valence-corrected chi connectivity index (χ4v) is 3.56. The molecule has 1 saturated heterocycles. The summed E-state index contributed by atoms with van der Waals surface area (Å²) in [7, 11) is 0. The molecule has 0 radical (unpaired) electrons. The zero-order valence-corrected chi connectivity index (χ0v) is 16.2. The monoisotopic (exact) mass is 398 g/mol. The Labute approximate surface area is 169 Å². The van der Waals surface area contributed by atoms with E-state index in [9.17, 15) is 14.7 Å². The van der Waals surface area contributed by atoms with Gasteiger partial charge in [0.25, 0.3) is 0 Å². The molecule has 29 heavy (non-hydrogen) atoms. The van der Waals surface area contributed by atoms with Crippen LogP contribution in [0, 0.1) is 0 Å². The van der Waals surface area contributed by atoms with E-state index in [1.807, 2.05) is 41.3 Å². The smallest absolute Gasteiger partial charge is 0.392 e. The van der Waals surface area contributed by atoms with Gasteiger partial charge in [-0.25, -0.2) is 9.78 Å². The van der Waals surface area contributed by atoms with Crippen LogP contribution in [0.15, 0.2) is 53.1 Å². The van der Waals surface area contributed by atoms with Crippen molar-refractivity contribution in [3.63, 3.8) is 0 Å². The number of aromatic carboxylic acids is 1. The van der Waals surface area contributed by atoms with E-state index in [4.69, 9.17) is 9.52 Å². The number of piperidine rings is 1. The molecule has 2 aromatic rings. The lowest BCUT2D eigenvalue weighted by Crippen LogP contribution is -2.43. The van der Waals surface area contributed by atoms with Crippen molar-refractivity contribution in [1.82, 2.24) is 9.88 Å². The average Bonchev–Trinajstić information content (AvgIpc) is 3.18. The Morgan fingerprint density at radius 2 is 2.14 bits per heavy atom. The van der Waals surface area contributed by atoms with Crippen LogP contribution in [0.5, 0.6) is 0 Å². The number of aryl methyl sites for hydroxylation is 1. The molecule has 0 spiro atoms. The Morgan fingerprint density at radius 3 is 2.86 bits per heavy atom. The van der Waals surface area contributed by atoms with Crippen LogP contribution in [-0.2, 0) is 17.6 Å². The van der Waals surface area contributed by atoms with E-state index in [-0.39, 0.29) is 17.8 Å². The summed E-state index contributed by atoms with van der Waals surface area (Å²) in [5, 5.41) is 19.2. The molecule has 1 amide bonds. The number of oxazole rings is 1. The van der Waals surface area contributed by atoms with Gasteiger partial charge in [-0.15, -0.1) is 0 Å². The number of likely N-dealkylation sites (tertiary alicyclic amines) is 1. The van der Waals surface area contributed by atoms with Crippen LogP contribution >= 0.6 is 0 Å². The number of hydrogen-bond donors (Lipinski definition) is 2. The van der Waals surface area contributed by atoms with Crippen molar-refractivity contribution in [2.75, 3.05) is 6.54 Å². The van der Waals surface area contributed by atoms with Crippen molar-refractivity contribution < 1.29 is 24.2 Å². The molecule has 1 aromatic carbocycles. The molecular weight excluding hydrogens is 372 g/mol. The number of carbonyl (C=O) groups is 2. The maximum atomic E-state index is 12.4. The van der Waals surface area contributed by atoms with Crippen molar-refractivity contribution in [3.8, 4) is 0 Å². The minimum absolute atomic E-state index is 0.0361. The summed E-state index contributed by atoms with van der Waals surface area (Å²) in [6.07, 6.45) is 8.46. The van der Waals surface area contributed by atoms with E-state index in [0.29, 0.717) is 38.0 Å². The number of nitrogens with zero attached hydrogens (tertiary/aromatic N) is 2. The normalized spacial score (nSPS) is 18.3. The highest BCUT2D eigenvalue weighted by Crippen LogP contribution is 2.21. The van der Waals surface area contributed by atoms with Gasteiger partial charge in [-0.3, -0.25) is 4.79 Å². The zero-order chi connectivity index (χ0) is 20.6. The van der Waals surface area contributed by atoms with E-state index < -0.39 is 12.1 Å². The number of hydrogen-bond acceptors (Lipinski definition) is 5. The molecule has 1 aromatic heterocycles. The molecule has 2 heterocycles. The van der Waals surface area contributed by atoms with Crippen molar-refractivity contribution in [1.29, 1.82) is 0 Å². The molecule has 1 fully saturated rings. The Bertz CT molecular complexity index is 846. The van der Waals surface area contributed by atoms with Gasteiger partial charge in [0.1, 0.15) is 5.76 Å². The van der Waals surface area contributed by atoms with E-state index in [1.54, 1.807) is 6.08 Å². The van der Waals surface area contributed by atoms with Gasteiger partial charge in [0.2, 0.25) is 5.91 Å². The molecule has 0 bridgehead atoms. The first-order valence-electron chi connectivity index (χ1n) is 9.90. The summed E-state index contributed by atoms with van der Waals surface area (Å²) >= 11 is 0. The predicted octanol–water partition coefficient (Wildman–Crippen LogP) is 2.85. The number of carboxylic acids is 1. The molecule has 154 valence electrons. The minimum atomic E-state index is -1.19. The fraction of sp³-hybridized carbons (Fsp3) is 0.409. The van der Waals surface area contributed by atoms with Gasteiger partial charge >= 0.3 is 11.9 Å². The molecule has 0 saturated carbocycles. The predicted molar refractivity (Wildman–Crippen MR) is 106 cm³/mol. The minimum Gasteiger partial charge on any atom is -0.474 e. The highest BCUT2D eigenvalue weighted by Gasteiger charge is 2.26. The highest BCUT2D eigenvalue weighted by molar-refractivity contribution is 5.82. The Balaban J connectivity index is 1.53. The average molecular weight is 398 g/mol. The summed E-state index contributed by atoms with van der Waals surface area (Å²) in [4.78, 5) is 28.8. The first-order valence-corrected chi connectivity index (χ1v) is 9.90. The maximum Gasteiger partial charge on any atom is 0.392 e. The zero-order valence-electron chi connectivity index (χ0n) is 16.2. The summed E-state index contributed by atoms with van der Waals surface area (Å²) < 4.78 is 5.16. The number of carbonyl (C=O) groups excluding carboxylic acids is 1. The van der Waals surface area contributed by atoms with Gasteiger partial charge < -0.3 is 19.5 Å². The molecule has 2 atom stereocenters. The van der Waals surface area contributed by atoms with Crippen molar-refractivity contribution >= 4 is 11.9 Å². The third-order valence-corrected chi connectivity index (χ3v) is 5.01. The van der Waals surface area contributed by atoms with Gasteiger partial charge in [0, 0.05) is 25.8 Å². The van der Waals surface area contributed by atoms with E-state index >= 15 is 0 Å². The third kappa shape index (κ3) is 6.02. The van der Waals surface area contributed by atoms with Gasteiger partial charge in [-0.2, -0.15) is 0 Å². The number of aliphatic hydroxyl groups is 1. The van der Waals surface area contributed by atoms with E-state index in [1.165, 1.54) is 6.20 Å². The lowest BCUT2D eigenvalue weighted by molar-refractivity contribution is -0.135. The SMILES string of the molecule is O=C(O)c1ncc(CCCN2C(=O)CCCC2C=CC(O)Cc2ccccc2)o1.